The minimum Gasteiger partial charge on any atom is -0.394 e. The fraction of sp³-hybridized carbons (Fsp3) is 0.400. The van der Waals surface area contributed by atoms with E-state index in [0.717, 1.165) is 59.0 Å². The number of hydrogen-bond acceptors (Lipinski definition) is 10. The van der Waals surface area contributed by atoms with Gasteiger partial charge < -0.3 is 30.4 Å². The number of anilines is 1. The predicted octanol–water partition coefficient (Wildman–Crippen LogP) is 2.09. The molecule has 5 N–H and O–H groups in total. The fourth-order valence-corrected chi connectivity index (χ4v) is 8.90. The molecule has 3 aliphatic rings. The van der Waals surface area contributed by atoms with Crippen LogP contribution in [0.3, 0.4) is 0 Å². The molecule has 0 amide bonds. The van der Waals surface area contributed by atoms with E-state index in [4.69, 9.17) is 21.7 Å². The molecule has 0 bridgehead atoms. The molecule has 1 fully saturated rings. The Morgan fingerprint density at radius 2 is 1.69 bits per heavy atom. The van der Waals surface area contributed by atoms with Crippen LogP contribution in [0.25, 0.3) is 6.08 Å². The number of para-hydroxylation sites is 1. The van der Waals surface area contributed by atoms with Crippen LogP contribution in [0.2, 0.25) is 5.02 Å². The van der Waals surface area contributed by atoms with Crippen molar-refractivity contribution in [1.29, 1.82) is 0 Å². The van der Waals surface area contributed by atoms with Gasteiger partial charge in [0.15, 0.2) is 4.80 Å². The van der Waals surface area contributed by atoms with Gasteiger partial charge in [0, 0.05) is 10.7 Å². The maximum atomic E-state index is 14.0. The molecule has 1 unspecified atom stereocenters. The largest absolute Gasteiger partial charge is 0.394 e. The van der Waals surface area contributed by atoms with Gasteiger partial charge >= 0.3 is 0 Å². The second-order valence-electron chi connectivity index (χ2n) is 10.8. The SMILES string of the molecule is O=c1/c(=C\[C@H](O)[C@@H](O)[C@H](O)[C@H](O)CO)sc2n1C(c1ccc(Cl)cc1)C1=C(N=2)N(c2ccccc2)C2(CCCCC2)S1. The first-order valence-corrected chi connectivity index (χ1v) is 15.9. The molecule has 1 aromatic heterocycles. The first kappa shape index (κ1) is 29.6. The third-order valence-electron chi connectivity index (χ3n) is 8.12. The van der Waals surface area contributed by atoms with Crippen molar-refractivity contribution in [2.75, 3.05) is 11.5 Å². The third kappa shape index (κ3) is 5.16. The van der Waals surface area contributed by atoms with Crippen LogP contribution in [0.5, 0.6) is 0 Å². The summed E-state index contributed by atoms with van der Waals surface area (Å²) in [5.41, 5.74) is 1.50. The monoisotopic (exact) mass is 629 g/mol. The van der Waals surface area contributed by atoms with E-state index in [1.807, 2.05) is 30.3 Å². The van der Waals surface area contributed by atoms with Gasteiger partial charge in [0.25, 0.3) is 5.56 Å². The van der Waals surface area contributed by atoms with E-state index in [-0.39, 0.29) is 9.40 Å². The van der Waals surface area contributed by atoms with E-state index in [1.165, 1.54) is 12.5 Å². The molecule has 2 aromatic carbocycles. The van der Waals surface area contributed by atoms with Gasteiger partial charge in [0.05, 0.1) is 27.0 Å². The summed E-state index contributed by atoms with van der Waals surface area (Å²) < 4.78 is 1.75. The number of thioether (sulfide) groups is 1. The van der Waals surface area contributed by atoms with Crippen molar-refractivity contribution in [1.82, 2.24) is 4.57 Å². The van der Waals surface area contributed by atoms with Crippen LogP contribution in [0.1, 0.15) is 43.7 Å². The highest BCUT2D eigenvalue weighted by atomic mass is 35.5. The first-order valence-electron chi connectivity index (χ1n) is 13.9. The second-order valence-corrected chi connectivity index (χ2v) is 13.7. The van der Waals surface area contributed by atoms with E-state index >= 15 is 0 Å². The van der Waals surface area contributed by atoms with Crippen molar-refractivity contribution in [3.8, 4) is 0 Å². The van der Waals surface area contributed by atoms with Gasteiger partial charge in [-0.2, -0.15) is 0 Å². The molecule has 1 spiro atoms. The minimum absolute atomic E-state index is 0.134. The summed E-state index contributed by atoms with van der Waals surface area (Å²) in [5, 5.41) is 50.5. The number of thiazole rings is 1. The smallest absolute Gasteiger partial charge is 0.270 e. The number of halogens is 1. The molecule has 1 saturated carbocycles. The lowest BCUT2D eigenvalue weighted by molar-refractivity contribution is -0.102. The number of aromatic nitrogens is 1. The average Bonchev–Trinajstić information content (AvgIpc) is 3.48. The maximum absolute atomic E-state index is 14.0. The molecular weight excluding hydrogens is 598 g/mol. The zero-order valence-electron chi connectivity index (χ0n) is 22.6. The third-order valence-corrected chi connectivity index (χ3v) is 11.0. The number of aliphatic hydroxyl groups is 5. The van der Waals surface area contributed by atoms with Crippen LogP contribution in [0, 0.1) is 0 Å². The number of hydrogen-bond donors (Lipinski definition) is 5. The Balaban J connectivity index is 1.53. The standard InChI is InChI=1S/C30H32ClN3O6S2/c31-18-11-9-17(10-12-18)23-26-27(34(19-7-3-1-4-8-19)30(42-26)13-5-2-6-14-30)32-29-33(23)28(40)22(41-29)15-20(36)24(38)25(39)21(37)16-35/h1,3-4,7-12,15,20-21,23-25,35-39H,2,5-6,13-14,16H2/b22-15+/t20-,21+,23?,24+,25+/m0/s1. The van der Waals surface area contributed by atoms with Gasteiger partial charge in [-0.1, -0.05) is 84.3 Å². The molecule has 5 atom stereocenters. The summed E-state index contributed by atoms with van der Waals surface area (Å²) in [6.07, 6.45) is -0.448. The van der Waals surface area contributed by atoms with Gasteiger partial charge in [-0.25, -0.2) is 4.99 Å². The average molecular weight is 630 g/mol. The highest BCUT2D eigenvalue weighted by Crippen LogP contribution is 2.59. The van der Waals surface area contributed by atoms with Crippen molar-refractivity contribution < 1.29 is 25.5 Å². The van der Waals surface area contributed by atoms with Crippen LogP contribution in [0.4, 0.5) is 5.69 Å². The Morgan fingerprint density at radius 3 is 2.36 bits per heavy atom. The molecule has 12 heteroatoms. The summed E-state index contributed by atoms with van der Waals surface area (Å²) in [4.78, 5) is 22.5. The van der Waals surface area contributed by atoms with Crippen molar-refractivity contribution in [3.63, 3.8) is 0 Å². The lowest BCUT2D eigenvalue weighted by Crippen LogP contribution is -2.46. The van der Waals surface area contributed by atoms with Crippen molar-refractivity contribution >= 4 is 46.5 Å². The zero-order chi connectivity index (χ0) is 29.6. The molecule has 0 saturated heterocycles. The highest BCUT2D eigenvalue weighted by molar-refractivity contribution is 8.04. The van der Waals surface area contributed by atoms with Crippen LogP contribution < -0.4 is 19.8 Å². The fourth-order valence-electron chi connectivity index (χ4n) is 6.00. The molecule has 2 aliphatic heterocycles. The van der Waals surface area contributed by atoms with E-state index in [2.05, 4.69) is 17.0 Å². The van der Waals surface area contributed by atoms with E-state index in [1.54, 1.807) is 28.5 Å². The molecular formula is C30H32ClN3O6S2. The Kier molecular flexibility index (Phi) is 8.38. The van der Waals surface area contributed by atoms with Crippen LogP contribution >= 0.6 is 34.7 Å². The predicted molar refractivity (Wildman–Crippen MR) is 164 cm³/mol. The van der Waals surface area contributed by atoms with Crippen molar-refractivity contribution in [2.24, 2.45) is 4.99 Å². The molecule has 222 valence electrons. The topological polar surface area (TPSA) is 139 Å². The van der Waals surface area contributed by atoms with Gasteiger partial charge in [-0.3, -0.25) is 9.36 Å². The molecule has 3 heterocycles. The van der Waals surface area contributed by atoms with Gasteiger partial charge in [0.1, 0.15) is 30.2 Å². The Bertz CT molecular complexity index is 1650. The van der Waals surface area contributed by atoms with Gasteiger partial charge in [-0.05, 0) is 48.7 Å². The Hall–Kier alpha value is -2.48. The van der Waals surface area contributed by atoms with Crippen LogP contribution in [-0.4, -0.2) is 66.0 Å². The Labute approximate surface area is 255 Å². The number of benzene rings is 2. The van der Waals surface area contributed by atoms with Crippen molar-refractivity contribution in [3.05, 3.63) is 95.6 Å². The van der Waals surface area contributed by atoms with Crippen LogP contribution in [-0.2, 0) is 0 Å². The molecule has 9 nitrogen and oxygen atoms in total. The maximum Gasteiger partial charge on any atom is 0.270 e. The highest BCUT2D eigenvalue weighted by Gasteiger charge is 2.51. The summed E-state index contributed by atoms with van der Waals surface area (Å²) >= 11 is 9.10. The number of fused-ring (bicyclic) bond motifs is 1. The summed E-state index contributed by atoms with van der Waals surface area (Å²) in [7, 11) is 0. The number of allylic oxidation sites excluding steroid dienone is 1. The molecule has 6 rings (SSSR count). The Morgan fingerprint density at radius 1 is 1.00 bits per heavy atom. The van der Waals surface area contributed by atoms with Gasteiger partial charge in [0.2, 0.25) is 0 Å². The minimum atomic E-state index is -1.82. The lowest BCUT2D eigenvalue weighted by atomic mass is 9.92. The second kappa shape index (κ2) is 11.9. The van der Waals surface area contributed by atoms with Gasteiger partial charge in [-0.15, -0.1) is 0 Å². The van der Waals surface area contributed by atoms with E-state index < -0.39 is 42.6 Å². The summed E-state index contributed by atoms with van der Waals surface area (Å²) in [5.74, 6) is 0.794. The van der Waals surface area contributed by atoms with E-state index in [9.17, 15) is 25.2 Å². The molecule has 3 aromatic rings. The summed E-state index contributed by atoms with van der Waals surface area (Å²) in [6, 6.07) is 17.1. The lowest BCUT2D eigenvalue weighted by Gasteiger charge is -2.42. The number of aliphatic hydroxyl groups excluding tert-OH is 5. The quantitative estimate of drug-likeness (QED) is 0.268. The van der Waals surface area contributed by atoms with Crippen molar-refractivity contribution in [2.45, 2.75) is 67.4 Å². The molecule has 42 heavy (non-hydrogen) atoms. The van der Waals surface area contributed by atoms with Crippen LogP contribution in [0.15, 0.2) is 75.1 Å². The normalized spacial score (nSPS) is 22.9. The number of rotatable bonds is 7. The molecule has 0 radical (unpaired) electrons. The van der Waals surface area contributed by atoms with E-state index in [0.29, 0.717) is 9.82 Å². The molecule has 1 aliphatic carbocycles. The zero-order valence-corrected chi connectivity index (χ0v) is 25.0. The summed E-state index contributed by atoms with van der Waals surface area (Å²) in [6.45, 7) is -0.795. The number of nitrogens with zero attached hydrogens (tertiary/aromatic N) is 3. The first-order chi connectivity index (χ1) is 20.2.